The smallest absolute Gasteiger partial charge is 0.156 e. The topological polar surface area (TPSA) is 54.0 Å². The summed E-state index contributed by atoms with van der Waals surface area (Å²) in [4.78, 5) is 4.46. The Hall–Kier alpha value is -2.67. The number of benzene rings is 1. The molecule has 0 bridgehead atoms. The SMILES string of the molecule is Cc1cc(C)n2nc(-c3ccc(C#N)cc3)cc2n1. The normalized spacial score (nSPS) is 10.6. The fourth-order valence-electron chi connectivity index (χ4n) is 2.14. The number of aryl methyl sites for hydroxylation is 2. The summed E-state index contributed by atoms with van der Waals surface area (Å²) >= 11 is 0. The number of nitriles is 1. The first-order valence-corrected chi connectivity index (χ1v) is 6.02. The predicted molar refractivity (Wildman–Crippen MR) is 72.6 cm³/mol. The van der Waals surface area contributed by atoms with Crippen molar-refractivity contribution in [3.63, 3.8) is 0 Å². The second-order valence-electron chi connectivity index (χ2n) is 4.53. The van der Waals surface area contributed by atoms with Gasteiger partial charge in [0, 0.05) is 23.0 Å². The number of aromatic nitrogens is 3. The third-order valence-corrected chi connectivity index (χ3v) is 3.04. The van der Waals surface area contributed by atoms with Gasteiger partial charge in [-0.25, -0.2) is 9.50 Å². The molecule has 19 heavy (non-hydrogen) atoms. The van der Waals surface area contributed by atoms with Gasteiger partial charge in [0.25, 0.3) is 0 Å². The van der Waals surface area contributed by atoms with Crippen LogP contribution in [0.1, 0.15) is 17.0 Å². The van der Waals surface area contributed by atoms with Gasteiger partial charge < -0.3 is 0 Å². The van der Waals surface area contributed by atoms with Crippen LogP contribution in [0.5, 0.6) is 0 Å². The Balaban J connectivity index is 2.15. The Kier molecular flexibility index (Phi) is 2.53. The highest BCUT2D eigenvalue weighted by molar-refractivity contribution is 5.65. The van der Waals surface area contributed by atoms with Crippen LogP contribution in [0.3, 0.4) is 0 Å². The van der Waals surface area contributed by atoms with Crippen LogP contribution in [0.25, 0.3) is 16.9 Å². The van der Waals surface area contributed by atoms with Gasteiger partial charge in [-0.2, -0.15) is 10.4 Å². The van der Waals surface area contributed by atoms with Crippen molar-refractivity contribution in [3.05, 3.63) is 53.3 Å². The van der Waals surface area contributed by atoms with Crippen LogP contribution >= 0.6 is 0 Å². The number of hydrogen-bond acceptors (Lipinski definition) is 3. The lowest BCUT2D eigenvalue weighted by Gasteiger charge is -1.99. The largest absolute Gasteiger partial charge is 0.234 e. The third-order valence-electron chi connectivity index (χ3n) is 3.04. The number of rotatable bonds is 1. The van der Waals surface area contributed by atoms with E-state index in [2.05, 4.69) is 16.2 Å². The molecule has 1 aromatic carbocycles. The van der Waals surface area contributed by atoms with E-state index < -0.39 is 0 Å². The van der Waals surface area contributed by atoms with Gasteiger partial charge >= 0.3 is 0 Å². The first-order valence-electron chi connectivity index (χ1n) is 6.02. The number of nitrogens with zero attached hydrogens (tertiary/aromatic N) is 4. The predicted octanol–water partition coefficient (Wildman–Crippen LogP) is 2.88. The molecular weight excluding hydrogens is 236 g/mol. The van der Waals surface area contributed by atoms with E-state index in [1.807, 2.05) is 42.6 Å². The minimum atomic E-state index is 0.651. The van der Waals surface area contributed by atoms with Crippen LogP contribution in [0.2, 0.25) is 0 Å². The molecular formula is C15H12N4. The second-order valence-corrected chi connectivity index (χ2v) is 4.53. The van der Waals surface area contributed by atoms with E-state index >= 15 is 0 Å². The highest BCUT2D eigenvalue weighted by atomic mass is 15.3. The van der Waals surface area contributed by atoms with Crippen molar-refractivity contribution in [1.29, 1.82) is 5.26 Å². The number of hydrogen-bond donors (Lipinski definition) is 0. The molecule has 3 aromatic rings. The second kappa shape index (κ2) is 4.21. The van der Waals surface area contributed by atoms with Crippen molar-refractivity contribution in [1.82, 2.24) is 14.6 Å². The minimum absolute atomic E-state index is 0.651. The van der Waals surface area contributed by atoms with E-state index in [0.29, 0.717) is 5.56 Å². The van der Waals surface area contributed by atoms with Gasteiger partial charge in [-0.1, -0.05) is 12.1 Å². The summed E-state index contributed by atoms with van der Waals surface area (Å²) in [6.07, 6.45) is 0. The van der Waals surface area contributed by atoms with Gasteiger partial charge in [0.05, 0.1) is 17.3 Å². The van der Waals surface area contributed by atoms with E-state index in [4.69, 9.17) is 5.26 Å². The number of fused-ring (bicyclic) bond motifs is 1. The molecule has 0 spiro atoms. The molecule has 0 aliphatic carbocycles. The lowest BCUT2D eigenvalue weighted by atomic mass is 10.1. The lowest BCUT2D eigenvalue weighted by molar-refractivity contribution is 0.889. The van der Waals surface area contributed by atoms with Gasteiger partial charge in [-0.05, 0) is 32.0 Å². The average molecular weight is 248 g/mol. The van der Waals surface area contributed by atoms with Gasteiger partial charge in [0.1, 0.15) is 0 Å². The van der Waals surface area contributed by atoms with Gasteiger partial charge in [-0.15, -0.1) is 0 Å². The molecule has 0 aliphatic heterocycles. The summed E-state index contributed by atoms with van der Waals surface area (Å²) < 4.78 is 1.83. The third kappa shape index (κ3) is 1.95. The fraction of sp³-hybridized carbons (Fsp3) is 0.133. The highest BCUT2D eigenvalue weighted by Gasteiger charge is 2.07. The summed E-state index contributed by atoms with van der Waals surface area (Å²) in [6, 6.07) is 13.5. The molecule has 0 saturated heterocycles. The van der Waals surface area contributed by atoms with Crippen LogP contribution in [0.4, 0.5) is 0 Å². The van der Waals surface area contributed by atoms with Crippen molar-refractivity contribution in [2.75, 3.05) is 0 Å². The van der Waals surface area contributed by atoms with Crippen molar-refractivity contribution < 1.29 is 0 Å². The molecule has 0 atom stereocenters. The first-order chi connectivity index (χ1) is 9.17. The van der Waals surface area contributed by atoms with E-state index in [-0.39, 0.29) is 0 Å². The summed E-state index contributed by atoms with van der Waals surface area (Å²) in [5.41, 5.74) is 5.39. The maximum atomic E-state index is 8.80. The quantitative estimate of drug-likeness (QED) is 0.665. The Morgan fingerprint density at radius 2 is 1.84 bits per heavy atom. The van der Waals surface area contributed by atoms with E-state index in [1.165, 1.54) is 0 Å². The molecule has 2 heterocycles. The molecule has 0 fully saturated rings. The van der Waals surface area contributed by atoms with Crippen molar-refractivity contribution in [2.24, 2.45) is 0 Å². The molecule has 0 aliphatic rings. The van der Waals surface area contributed by atoms with Gasteiger partial charge in [0.2, 0.25) is 0 Å². The summed E-state index contributed by atoms with van der Waals surface area (Å²) in [5.74, 6) is 0. The molecule has 3 rings (SSSR count). The Labute approximate surface area is 111 Å². The zero-order valence-electron chi connectivity index (χ0n) is 10.8. The highest BCUT2D eigenvalue weighted by Crippen LogP contribution is 2.20. The monoisotopic (exact) mass is 248 g/mol. The van der Waals surface area contributed by atoms with Crippen molar-refractivity contribution in [2.45, 2.75) is 13.8 Å². The van der Waals surface area contributed by atoms with Crippen LogP contribution in [-0.4, -0.2) is 14.6 Å². The van der Waals surface area contributed by atoms with Crippen molar-refractivity contribution >= 4 is 5.65 Å². The molecule has 0 radical (unpaired) electrons. The molecule has 92 valence electrons. The Morgan fingerprint density at radius 3 is 2.53 bits per heavy atom. The lowest BCUT2D eigenvalue weighted by Crippen LogP contribution is -1.96. The zero-order valence-corrected chi connectivity index (χ0v) is 10.8. The molecule has 0 unspecified atom stereocenters. The fourth-order valence-corrected chi connectivity index (χ4v) is 2.14. The van der Waals surface area contributed by atoms with Crippen LogP contribution in [0, 0.1) is 25.2 Å². The first kappa shape index (κ1) is 11.4. The molecule has 0 amide bonds. The summed E-state index contributed by atoms with van der Waals surface area (Å²) in [7, 11) is 0. The summed E-state index contributed by atoms with van der Waals surface area (Å²) in [6.45, 7) is 3.98. The maximum Gasteiger partial charge on any atom is 0.156 e. The van der Waals surface area contributed by atoms with E-state index in [9.17, 15) is 0 Å². The molecule has 4 nitrogen and oxygen atoms in total. The standard InChI is InChI=1S/C15H12N4/c1-10-7-11(2)19-15(17-10)8-14(18-19)13-5-3-12(9-16)4-6-13/h3-8H,1-2H3. The maximum absolute atomic E-state index is 8.80. The zero-order chi connectivity index (χ0) is 13.4. The van der Waals surface area contributed by atoms with Crippen LogP contribution in [-0.2, 0) is 0 Å². The van der Waals surface area contributed by atoms with E-state index in [1.54, 1.807) is 12.1 Å². The van der Waals surface area contributed by atoms with Crippen molar-refractivity contribution in [3.8, 4) is 17.3 Å². The minimum Gasteiger partial charge on any atom is -0.234 e. The van der Waals surface area contributed by atoms with Crippen LogP contribution < -0.4 is 0 Å². The summed E-state index contributed by atoms with van der Waals surface area (Å²) in [5, 5.41) is 13.4. The average Bonchev–Trinajstić information content (AvgIpc) is 2.83. The van der Waals surface area contributed by atoms with Gasteiger partial charge in [-0.3, -0.25) is 0 Å². The molecule has 4 heteroatoms. The molecule has 0 N–H and O–H groups in total. The Morgan fingerprint density at radius 1 is 1.11 bits per heavy atom. The Bertz CT molecular complexity index is 791. The molecule has 2 aromatic heterocycles. The van der Waals surface area contributed by atoms with Crippen LogP contribution in [0.15, 0.2) is 36.4 Å². The molecule has 0 saturated carbocycles. The van der Waals surface area contributed by atoms with Gasteiger partial charge in [0.15, 0.2) is 5.65 Å². The van der Waals surface area contributed by atoms with E-state index in [0.717, 1.165) is 28.3 Å².